The van der Waals surface area contributed by atoms with Gasteiger partial charge in [-0.25, -0.2) is 9.78 Å². The van der Waals surface area contributed by atoms with Gasteiger partial charge >= 0.3 is 12.1 Å². The highest BCUT2D eigenvalue weighted by molar-refractivity contribution is 5.83. The number of hydrogen-bond acceptors (Lipinski definition) is 6. The lowest BCUT2D eigenvalue weighted by molar-refractivity contribution is -0.141. The van der Waals surface area contributed by atoms with E-state index in [1.165, 1.54) is 13.3 Å². The van der Waals surface area contributed by atoms with Gasteiger partial charge < -0.3 is 9.47 Å². The largest absolute Gasteiger partial charge is 0.469 e. The quantitative estimate of drug-likeness (QED) is 0.751. The van der Waals surface area contributed by atoms with Crippen molar-refractivity contribution in [2.45, 2.75) is 71.3 Å². The molecule has 25 heavy (non-hydrogen) atoms. The molecular formula is C18H29N3O4. The monoisotopic (exact) mass is 351 g/mol. The van der Waals surface area contributed by atoms with Gasteiger partial charge in [0.05, 0.1) is 19.0 Å². The van der Waals surface area contributed by atoms with E-state index in [1.807, 2.05) is 0 Å². The van der Waals surface area contributed by atoms with Crippen molar-refractivity contribution in [3.8, 4) is 0 Å². The van der Waals surface area contributed by atoms with E-state index in [4.69, 9.17) is 9.47 Å². The Morgan fingerprint density at radius 3 is 2.32 bits per heavy atom. The molecule has 0 spiro atoms. The Bertz CT molecular complexity index is 592. The molecule has 0 aliphatic heterocycles. The zero-order chi connectivity index (χ0) is 19.1. The fourth-order valence-corrected chi connectivity index (χ4v) is 2.63. The van der Waals surface area contributed by atoms with Crippen LogP contribution in [0.5, 0.6) is 0 Å². The van der Waals surface area contributed by atoms with Gasteiger partial charge in [0.2, 0.25) is 0 Å². The Labute approximate surface area is 149 Å². The lowest BCUT2D eigenvalue weighted by Crippen LogP contribution is -2.29. The third-order valence-corrected chi connectivity index (χ3v) is 4.20. The molecule has 0 aliphatic carbocycles. The van der Waals surface area contributed by atoms with Crippen molar-refractivity contribution in [3.63, 3.8) is 0 Å². The van der Waals surface area contributed by atoms with Crippen LogP contribution < -0.4 is 5.32 Å². The van der Waals surface area contributed by atoms with Gasteiger partial charge in [0.1, 0.15) is 5.60 Å². The molecule has 140 valence electrons. The number of methoxy groups -OCH3 is 1. The second kappa shape index (κ2) is 8.78. The van der Waals surface area contributed by atoms with Crippen LogP contribution in [0, 0.1) is 0 Å². The van der Waals surface area contributed by atoms with Gasteiger partial charge in [0, 0.05) is 18.0 Å². The summed E-state index contributed by atoms with van der Waals surface area (Å²) in [6.45, 7) is 9.48. The lowest BCUT2D eigenvalue weighted by Gasteiger charge is -2.30. The minimum Gasteiger partial charge on any atom is -0.469 e. The molecule has 7 heteroatoms. The third-order valence-electron chi connectivity index (χ3n) is 4.20. The van der Waals surface area contributed by atoms with E-state index in [2.05, 4.69) is 29.1 Å². The van der Waals surface area contributed by atoms with Gasteiger partial charge in [-0.2, -0.15) is 0 Å². The molecule has 1 aromatic rings. The van der Waals surface area contributed by atoms with Gasteiger partial charge in [-0.3, -0.25) is 15.1 Å². The molecule has 0 aliphatic rings. The maximum Gasteiger partial charge on any atom is 0.413 e. The summed E-state index contributed by atoms with van der Waals surface area (Å²) >= 11 is 0. The van der Waals surface area contributed by atoms with Crippen LogP contribution in [-0.4, -0.2) is 34.7 Å². The van der Waals surface area contributed by atoms with Gasteiger partial charge in [0.25, 0.3) is 0 Å². The fraction of sp³-hybridized carbons (Fsp3) is 0.667. The molecule has 0 fully saturated rings. The minimum absolute atomic E-state index is 0.248. The van der Waals surface area contributed by atoms with Crippen LogP contribution in [0.25, 0.3) is 0 Å². The zero-order valence-electron chi connectivity index (χ0n) is 16.0. The molecule has 0 aromatic carbocycles. The molecule has 0 saturated heterocycles. The van der Waals surface area contributed by atoms with Crippen molar-refractivity contribution in [2.24, 2.45) is 0 Å². The number of anilines is 1. The standard InChI is InChI=1S/C18H29N3O4/c1-7-18(8-2,10-9-15(22)24-6)13-11-19-12-14(20-13)21-16(23)25-17(3,4)5/h11-12H,7-10H2,1-6H3,(H,20,21,23). The third kappa shape index (κ3) is 6.32. The Hall–Kier alpha value is -2.18. The van der Waals surface area contributed by atoms with Crippen molar-refractivity contribution >= 4 is 17.9 Å². The molecular weight excluding hydrogens is 322 g/mol. The first kappa shape index (κ1) is 20.9. The average Bonchev–Trinajstić information content (AvgIpc) is 2.54. The second-order valence-electron chi connectivity index (χ2n) is 6.98. The number of nitrogens with one attached hydrogen (secondary N) is 1. The van der Waals surface area contributed by atoms with Crippen LogP contribution in [0.2, 0.25) is 0 Å². The van der Waals surface area contributed by atoms with E-state index in [-0.39, 0.29) is 11.4 Å². The van der Waals surface area contributed by atoms with Crippen molar-refractivity contribution in [3.05, 3.63) is 18.1 Å². The molecule has 1 N–H and O–H groups in total. The van der Waals surface area contributed by atoms with Crippen LogP contribution in [0.15, 0.2) is 12.4 Å². The van der Waals surface area contributed by atoms with Crippen LogP contribution in [0.3, 0.4) is 0 Å². The molecule has 0 radical (unpaired) electrons. The van der Waals surface area contributed by atoms with Crippen molar-refractivity contribution < 1.29 is 19.1 Å². The fourth-order valence-electron chi connectivity index (χ4n) is 2.63. The van der Waals surface area contributed by atoms with E-state index < -0.39 is 11.7 Å². The maximum absolute atomic E-state index is 11.9. The number of amides is 1. The lowest BCUT2D eigenvalue weighted by atomic mass is 9.75. The Morgan fingerprint density at radius 1 is 1.16 bits per heavy atom. The van der Waals surface area contributed by atoms with Gasteiger partial charge in [0.15, 0.2) is 5.82 Å². The second-order valence-corrected chi connectivity index (χ2v) is 6.98. The number of esters is 1. The van der Waals surface area contributed by atoms with Crippen LogP contribution in [0.1, 0.15) is 66.0 Å². The summed E-state index contributed by atoms with van der Waals surface area (Å²) in [6.07, 6.45) is 5.10. The number of aromatic nitrogens is 2. The van der Waals surface area contributed by atoms with Crippen LogP contribution >= 0.6 is 0 Å². The Kier molecular flexibility index (Phi) is 7.33. The van der Waals surface area contributed by atoms with Gasteiger partial charge in [-0.1, -0.05) is 13.8 Å². The first-order valence-corrected chi connectivity index (χ1v) is 8.55. The first-order valence-electron chi connectivity index (χ1n) is 8.55. The molecule has 0 atom stereocenters. The van der Waals surface area contributed by atoms with Crippen molar-refractivity contribution in [1.82, 2.24) is 9.97 Å². The molecule has 1 rings (SSSR count). The van der Waals surface area contributed by atoms with E-state index >= 15 is 0 Å². The predicted octanol–water partition coefficient (Wildman–Crippen LogP) is 3.83. The Balaban J connectivity index is 2.98. The SMILES string of the molecule is CCC(CC)(CCC(=O)OC)c1cncc(NC(=O)OC(C)(C)C)n1. The van der Waals surface area contributed by atoms with Crippen LogP contribution in [-0.2, 0) is 19.7 Å². The molecule has 7 nitrogen and oxygen atoms in total. The van der Waals surface area contributed by atoms with E-state index in [0.717, 1.165) is 18.5 Å². The predicted molar refractivity (Wildman–Crippen MR) is 95.4 cm³/mol. The highest BCUT2D eigenvalue weighted by atomic mass is 16.6. The summed E-state index contributed by atoms with van der Waals surface area (Å²) < 4.78 is 9.98. The summed E-state index contributed by atoms with van der Waals surface area (Å²) in [5.74, 6) is 0.0818. The molecule has 0 bridgehead atoms. The van der Waals surface area contributed by atoms with E-state index in [0.29, 0.717) is 18.7 Å². The molecule has 0 saturated carbocycles. The molecule has 1 heterocycles. The number of carbonyl (C=O) groups excluding carboxylic acids is 2. The summed E-state index contributed by atoms with van der Waals surface area (Å²) in [5, 5.41) is 2.61. The van der Waals surface area contributed by atoms with Gasteiger partial charge in [-0.15, -0.1) is 0 Å². The summed E-state index contributed by atoms with van der Waals surface area (Å²) in [6, 6.07) is 0. The summed E-state index contributed by atoms with van der Waals surface area (Å²) in [4.78, 5) is 32.2. The number of hydrogen-bond donors (Lipinski definition) is 1. The Morgan fingerprint density at radius 2 is 1.80 bits per heavy atom. The minimum atomic E-state index is -0.591. The normalized spacial score (nSPS) is 11.8. The summed E-state index contributed by atoms with van der Waals surface area (Å²) in [5.41, 5.74) is -0.145. The topological polar surface area (TPSA) is 90.4 Å². The van der Waals surface area contributed by atoms with E-state index in [1.54, 1.807) is 27.0 Å². The van der Waals surface area contributed by atoms with E-state index in [9.17, 15) is 9.59 Å². The average molecular weight is 351 g/mol. The van der Waals surface area contributed by atoms with Crippen LogP contribution in [0.4, 0.5) is 10.6 Å². The van der Waals surface area contributed by atoms with Crippen molar-refractivity contribution in [1.29, 1.82) is 0 Å². The number of nitrogens with zero attached hydrogens (tertiary/aromatic N) is 2. The highest BCUT2D eigenvalue weighted by Crippen LogP contribution is 2.35. The number of carbonyl (C=O) groups is 2. The maximum atomic E-state index is 11.9. The number of rotatable bonds is 7. The number of ether oxygens (including phenoxy) is 2. The smallest absolute Gasteiger partial charge is 0.413 e. The molecule has 0 unspecified atom stereocenters. The molecule has 1 amide bonds. The summed E-state index contributed by atoms with van der Waals surface area (Å²) in [7, 11) is 1.38. The highest BCUT2D eigenvalue weighted by Gasteiger charge is 2.31. The van der Waals surface area contributed by atoms with Gasteiger partial charge in [-0.05, 0) is 40.0 Å². The van der Waals surface area contributed by atoms with Crippen molar-refractivity contribution in [2.75, 3.05) is 12.4 Å². The zero-order valence-corrected chi connectivity index (χ0v) is 16.0. The first-order chi connectivity index (χ1) is 11.7. The molecule has 1 aromatic heterocycles.